The molecule has 1 aromatic carbocycles. The topological polar surface area (TPSA) is 81.0 Å². The minimum atomic E-state index is -1.20. The lowest BCUT2D eigenvalue weighted by Crippen LogP contribution is -2.36. The fraction of sp³-hybridized carbons (Fsp3) is 0.455. The Morgan fingerprint density at radius 1 is 1.24 bits per heavy atom. The number of fused-ring (bicyclic) bond motifs is 3. The predicted octanol–water partition coefficient (Wildman–Crippen LogP) is 2.81. The van der Waals surface area contributed by atoms with Gasteiger partial charge in [-0.3, -0.25) is 4.79 Å². The van der Waals surface area contributed by atoms with E-state index in [0.29, 0.717) is 13.2 Å². The maximum Gasteiger partial charge on any atom is 0.341 e. The van der Waals surface area contributed by atoms with Crippen LogP contribution in [-0.2, 0) is 11.2 Å². The van der Waals surface area contributed by atoms with Crippen LogP contribution in [-0.4, -0.2) is 49.1 Å². The van der Waals surface area contributed by atoms with Crippen LogP contribution in [0.1, 0.15) is 35.8 Å². The van der Waals surface area contributed by atoms with Gasteiger partial charge in [0.1, 0.15) is 11.3 Å². The number of carboxylic acids is 1. The van der Waals surface area contributed by atoms with Crippen molar-refractivity contribution in [2.75, 3.05) is 38.3 Å². The van der Waals surface area contributed by atoms with Gasteiger partial charge in [-0.15, -0.1) is 0 Å². The molecule has 1 fully saturated rings. The van der Waals surface area contributed by atoms with Crippen LogP contribution in [0.4, 0.5) is 5.69 Å². The number of anilines is 1. The third-order valence-electron chi connectivity index (χ3n) is 5.90. The molecule has 4 rings (SSSR count). The Labute approximate surface area is 169 Å². The number of hydrogen-bond donors (Lipinski definition) is 1. The van der Waals surface area contributed by atoms with Crippen molar-refractivity contribution < 1.29 is 19.4 Å². The largest absolute Gasteiger partial charge is 0.495 e. The van der Waals surface area contributed by atoms with Gasteiger partial charge in [0.15, 0.2) is 5.43 Å². The van der Waals surface area contributed by atoms with Crippen LogP contribution in [0.3, 0.4) is 0 Å². The van der Waals surface area contributed by atoms with Crippen molar-refractivity contribution in [3.05, 3.63) is 45.7 Å². The molecular formula is C22H26N2O5. The van der Waals surface area contributed by atoms with E-state index in [1.54, 1.807) is 7.11 Å². The van der Waals surface area contributed by atoms with Gasteiger partial charge in [-0.05, 0) is 30.0 Å². The highest BCUT2D eigenvalue weighted by Gasteiger charge is 2.30. The number of rotatable bonds is 4. The van der Waals surface area contributed by atoms with E-state index in [9.17, 15) is 14.7 Å². The van der Waals surface area contributed by atoms with Crippen molar-refractivity contribution in [2.24, 2.45) is 5.92 Å². The van der Waals surface area contributed by atoms with Gasteiger partial charge >= 0.3 is 5.97 Å². The summed E-state index contributed by atoms with van der Waals surface area (Å²) in [5, 5.41) is 9.40. The van der Waals surface area contributed by atoms with Crippen LogP contribution in [0, 0.1) is 5.92 Å². The molecule has 0 spiro atoms. The number of benzene rings is 1. The Balaban J connectivity index is 1.90. The Morgan fingerprint density at radius 2 is 1.97 bits per heavy atom. The number of nitrogens with zero attached hydrogens (tertiary/aromatic N) is 2. The van der Waals surface area contributed by atoms with E-state index in [4.69, 9.17) is 9.47 Å². The zero-order chi connectivity index (χ0) is 20.7. The SMILES string of the molecule is COc1cc2c(cc1N1CCOCC1)C[C@@H](C(C)C)n1cc(C(=O)O)c(=O)cc1-2. The number of pyridine rings is 1. The normalized spacial score (nSPS) is 18.3. The number of ether oxygens (including phenoxy) is 2. The third-order valence-corrected chi connectivity index (χ3v) is 5.90. The van der Waals surface area contributed by atoms with Crippen molar-refractivity contribution in [1.82, 2.24) is 4.57 Å². The lowest BCUT2D eigenvalue weighted by molar-refractivity contribution is 0.0694. The van der Waals surface area contributed by atoms with E-state index in [-0.39, 0.29) is 17.5 Å². The summed E-state index contributed by atoms with van der Waals surface area (Å²) < 4.78 is 13.1. The molecule has 7 heteroatoms. The molecule has 1 N–H and O–H groups in total. The van der Waals surface area contributed by atoms with E-state index >= 15 is 0 Å². The Hall–Kier alpha value is -2.80. The zero-order valence-electron chi connectivity index (χ0n) is 17.0. The van der Waals surface area contributed by atoms with E-state index < -0.39 is 11.4 Å². The highest BCUT2D eigenvalue weighted by atomic mass is 16.5. The van der Waals surface area contributed by atoms with Gasteiger partial charge in [0, 0.05) is 37.0 Å². The van der Waals surface area contributed by atoms with Crippen molar-refractivity contribution >= 4 is 11.7 Å². The molecule has 0 unspecified atom stereocenters. The minimum Gasteiger partial charge on any atom is -0.495 e. The first kappa shape index (κ1) is 19.5. The van der Waals surface area contributed by atoms with E-state index in [1.807, 2.05) is 10.6 Å². The molecule has 3 heterocycles. The maximum absolute atomic E-state index is 12.4. The monoisotopic (exact) mass is 398 g/mol. The summed E-state index contributed by atoms with van der Waals surface area (Å²) in [4.78, 5) is 26.2. The average Bonchev–Trinajstić information content (AvgIpc) is 2.72. The number of morpholine rings is 1. The first-order chi connectivity index (χ1) is 13.9. The Morgan fingerprint density at radius 3 is 2.59 bits per heavy atom. The van der Waals surface area contributed by atoms with Gasteiger partial charge in [0.05, 0.1) is 31.7 Å². The van der Waals surface area contributed by atoms with Crippen molar-refractivity contribution in [3.63, 3.8) is 0 Å². The molecule has 29 heavy (non-hydrogen) atoms. The molecule has 0 aliphatic carbocycles. The summed E-state index contributed by atoms with van der Waals surface area (Å²) >= 11 is 0. The summed E-state index contributed by atoms with van der Waals surface area (Å²) in [7, 11) is 1.64. The summed E-state index contributed by atoms with van der Waals surface area (Å²) in [5.74, 6) is -0.172. The molecule has 154 valence electrons. The average molecular weight is 398 g/mol. The van der Waals surface area contributed by atoms with Gasteiger partial charge in [-0.2, -0.15) is 0 Å². The lowest BCUT2D eigenvalue weighted by atomic mass is 9.86. The highest BCUT2D eigenvalue weighted by Crippen LogP contribution is 2.43. The van der Waals surface area contributed by atoms with Crippen molar-refractivity contribution in [2.45, 2.75) is 26.3 Å². The second-order valence-corrected chi connectivity index (χ2v) is 7.95. The van der Waals surface area contributed by atoms with Crippen LogP contribution in [0.15, 0.2) is 29.2 Å². The molecule has 1 aromatic heterocycles. The molecule has 1 saturated heterocycles. The van der Waals surface area contributed by atoms with Gasteiger partial charge in [0.25, 0.3) is 0 Å². The number of aromatic carboxylic acids is 1. The number of carboxylic acid groups (broad SMARTS) is 1. The Kier molecular flexibility index (Phi) is 5.08. The molecule has 2 aliphatic rings. The van der Waals surface area contributed by atoms with Crippen molar-refractivity contribution in [3.8, 4) is 17.0 Å². The van der Waals surface area contributed by atoms with Gasteiger partial charge in [0.2, 0.25) is 0 Å². The van der Waals surface area contributed by atoms with Crippen LogP contribution < -0.4 is 15.1 Å². The fourth-order valence-electron chi connectivity index (χ4n) is 4.31. The predicted molar refractivity (Wildman–Crippen MR) is 110 cm³/mol. The van der Waals surface area contributed by atoms with Gasteiger partial charge < -0.3 is 24.0 Å². The molecule has 0 saturated carbocycles. The molecule has 2 aromatic rings. The molecule has 2 aliphatic heterocycles. The highest BCUT2D eigenvalue weighted by molar-refractivity contribution is 5.88. The third kappa shape index (κ3) is 3.40. The minimum absolute atomic E-state index is 0.0714. The van der Waals surface area contributed by atoms with Gasteiger partial charge in [-0.1, -0.05) is 13.8 Å². The molecule has 0 amide bonds. The van der Waals surface area contributed by atoms with E-state index in [0.717, 1.165) is 47.8 Å². The van der Waals surface area contributed by atoms with Crippen LogP contribution in [0.2, 0.25) is 0 Å². The van der Waals surface area contributed by atoms with E-state index in [1.165, 1.54) is 12.3 Å². The summed E-state index contributed by atoms with van der Waals surface area (Å²) in [6.45, 7) is 7.21. The summed E-state index contributed by atoms with van der Waals surface area (Å²) in [5.41, 5.74) is 3.18. The first-order valence-corrected chi connectivity index (χ1v) is 9.94. The second kappa shape index (κ2) is 7.55. The number of methoxy groups -OCH3 is 1. The quantitative estimate of drug-likeness (QED) is 0.853. The summed E-state index contributed by atoms with van der Waals surface area (Å²) in [6, 6.07) is 5.66. The molecule has 7 nitrogen and oxygen atoms in total. The lowest BCUT2D eigenvalue weighted by Gasteiger charge is -2.35. The van der Waals surface area contributed by atoms with Crippen molar-refractivity contribution in [1.29, 1.82) is 0 Å². The molecule has 1 atom stereocenters. The number of carbonyl (C=O) groups is 1. The standard InChI is InChI=1S/C22H26N2O5/c1-13(2)17-8-14-9-19(23-4-6-29-7-5-23)21(28-3)10-15(14)18-11-20(25)16(22(26)27)12-24(17)18/h9-13,17H,4-8H2,1-3H3,(H,26,27)/t17-/m0/s1. The Bertz CT molecular complexity index is 1000. The van der Waals surface area contributed by atoms with Crippen LogP contribution in [0.5, 0.6) is 5.75 Å². The van der Waals surface area contributed by atoms with Crippen LogP contribution >= 0.6 is 0 Å². The summed E-state index contributed by atoms with van der Waals surface area (Å²) in [6.07, 6.45) is 2.26. The fourth-order valence-corrected chi connectivity index (χ4v) is 4.31. The van der Waals surface area contributed by atoms with E-state index in [2.05, 4.69) is 24.8 Å². The number of aromatic nitrogens is 1. The first-order valence-electron chi connectivity index (χ1n) is 9.94. The molecular weight excluding hydrogens is 372 g/mol. The van der Waals surface area contributed by atoms with Gasteiger partial charge in [-0.25, -0.2) is 4.79 Å². The second-order valence-electron chi connectivity index (χ2n) is 7.95. The number of hydrogen-bond acceptors (Lipinski definition) is 5. The van der Waals surface area contributed by atoms with Crippen LogP contribution in [0.25, 0.3) is 11.3 Å². The zero-order valence-corrected chi connectivity index (χ0v) is 17.0. The molecule has 0 radical (unpaired) electrons. The maximum atomic E-state index is 12.4. The smallest absolute Gasteiger partial charge is 0.341 e. The molecule has 0 bridgehead atoms.